The van der Waals surface area contributed by atoms with E-state index < -0.39 is 17.5 Å². The van der Waals surface area contributed by atoms with Crippen molar-refractivity contribution in [2.45, 2.75) is 33.3 Å². The first-order valence-electron chi connectivity index (χ1n) is 11.3. The Morgan fingerprint density at radius 3 is 2.36 bits per heavy atom. The minimum Gasteiger partial charge on any atom is -0.497 e. The van der Waals surface area contributed by atoms with Crippen molar-refractivity contribution in [3.05, 3.63) is 66.1 Å². The lowest BCUT2D eigenvalue weighted by Crippen LogP contribution is -2.24. The molecule has 0 bridgehead atoms. The molecule has 9 heteroatoms. The van der Waals surface area contributed by atoms with Crippen LogP contribution in [-0.4, -0.2) is 44.8 Å². The monoisotopic (exact) mass is 488 g/mol. The second-order valence-corrected chi connectivity index (χ2v) is 9.47. The number of carbonyl (C=O) groups is 3. The summed E-state index contributed by atoms with van der Waals surface area (Å²) in [6.45, 7) is 6.79. The fraction of sp³-hybridized carbons (Fsp3) is 0.259. The molecule has 0 saturated carbocycles. The van der Waals surface area contributed by atoms with Crippen LogP contribution in [0.25, 0.3) is 22.0 Å². The number of aromatic nitrogens is 3. The van der Waals surface area contributed by atoms with Gasteiger partial charge in [0.15, 0.2) is 0 Å². The SMILES string of the molecule is COc1ccc2c(c1)c(C(=O)Nc1cc(C(=O)OC(C)(C)C)cc(-c3cnn(C)c3)c1)cn2C(C)=O. The largest absolute Gasteiger partial charge is 0.497 e. The quantitative estimate of drug-likeness (QED) is 0.400. The Bertz CT molecular complexity index is 1490. The van der Waals surface area contributed by atoms with Crippen molar-refractivity contribution in [1.29, 1.82) is 0 Å². The molecule has 2 aromatic carbocycles. The van der Waals surface area contributed by atoms with Gasteiger partial charge in [0, 0.05) is 43.0 Å². The van der Waals surface area contributed by atoms with E-state index in [1.807, 2.05) is 6.20 Å². The summed E-state index contributed by atoms with van der Waals surface area (Å²) in [6.07, 6.45) is 4.99. The predicted octanol–water partition coefficient (Wildman–Crippen LogP) is 4.92. The molecule has 186 valence electrons. The van der Waals surface area contributed by atoms with Crippen LogP contribution >= 0.6 is 0 Å². The number of esters is 1. The van der Waals surface area contributed by atoms with Crippen LogP contribution in [0.4, 0.5) is 5.69 Å². The highest BCUT2D eigenvalue weighted by molar-refractivity contribution is 6.15. The minimum atomic E-state index is -0.682. The Balaban J connectivity index is 1.77. The van der Waals surface area contributed by atoms with Crippen molar-refractivity contribution in [1.82, 2.24) is 14.3 Å². The van der Waals surface area contributed by atoms with E-state index in [2.05, 4.69) is 10.4 Å². The van der Waals surface area contributed by atoms with Crippen LogP contribution in [0.1, 0.15) is 53.2 Å². The molecule has 0 aliphatic rings. The number of nitrogens with zero attached hydrogens (tertiary/aromatic N) is 3. The lowest BCUT2D eigenvalue weighted by molar-refractivity contribution is 0.00693. The Morgan fingerprint density at radius 1 is 1.00 bits per heavy atom. The lowest BCUT2D eigenvalue weighted by Gasteiger charge is -2.20. The van der Waals surface area contributed by atoms with Gasteiger partial charge in [-0.3, -0.25) is 18.8 Å². The van der Waals surface area contributed by atoms with Gasteiger partial charge >= 0.3 is 5.97 Å². The third-order valence-corrected chi connectivity index (χ3v) is 5.46. The van der Waals surface area contributed by atoms with E-state index in [0.717, 1.165) is 5.56 Å². The number of ether oxygens (including phenoxy) is 2. The van der Waals surface area contributed by atoms with Crippen LogP contribution in [0.2, 0.25) is 0 Å². The first kappa shape index (κ1) is 24.7. The number of aryl methyl sites for hydroxylation is 1. The van der Waals surface area contributed by atoms with Crippen molar-refractivity contribution < 1.29 is 23.9 Å². The summed E-state index contributed by atoms with van der Waals surface area (Å²) in [5, 5.41) is 7.64. The fourth-order valence-electron chi connectivity index (χ4n) is 3.87. The first-order chi connectivity index (χ1) is 16.9. The number of nitrogens with one attached hydrogen (secondary N) is 1. The van der Waals surface area contributed by atoms with Crippen LogP contribution < -0.4 is 10.1 Å². The molecule has 0 atom stereocenters. The van der Waals surface area contributed by atoms with Gasteiger partial charge in [0.05, 0.1) is 30.0 Å². The van der Waals surface area contributed by atoms with Crippen LogP contribution in [0, 0.1) is 0 Å². The average Bonchev–Trinajstić information content (AvgIpc) is 3.41. The van der Waals surface area contributed by atoms with Gasteiger partial charge < -0.3 is 14.8 Å². The number of amides is 1. The maximum atomic E-state index is 13.4. The molecule has 9 nitrogen and oxygen atoms in total. The van der Waals surface area contributed by atoms with E-state index in [1.54, 1.807) is 75.1 Å². The van der Waals surface area contributed by atoms with Crippen LogP contribution in [0.5, 0.6) is 5.75 Å². The van der Waals surface area contributed by atoms with Crippen LogP contribution in [0.15, 0.2) is 55.0 Å². The summed E-state index contributed by atoms with van der Waals surface area (Å²) >= 11 is 0. The highest BCUT2D eigenvalue weighted by atomic mass is 16.6. The third kappa shape index (κ3) is 5.14. The number of benzene rings is 2. The second-order valence-electron chi connectivity index (χ2n) is 9.47. The molecule has 0 spiro atoms. The van der Waals surface area contributed by atoms with Gasteiger partial charge in [-0.15, -0.1) is 0 Å². The number of carbonyl (C=O) groups excluding carboxylic acids is 3. The molecule has 0 unspecified atom stereocenters. The zero-order chi connectivity index (χ0) is 26.2. The Morgan fingerprint density at radius 2 is 1.75 bits per heavy atom. The highest BCUT2D eigenvalue weighted by Gasteiger charge is 2.21. The third-order valence-electron chi connectivity index (χ3n) is 5.46. The molecule has 2 aromatic heterocycles. The van der Waals surface area contributed by atoms with Crippen LogP contribution in [-0.2, 0) is 11.8 Å². The Kier molecular flexibility index (Phi) is 6.41. The summed E-state index contributed by atoms with van der Waals surface area (Å²) in [7, 11) is 3.33. The Hall–Kier alpha value is -4.40. The van der Waals surface area contributed by atoms with E-state index >= 15 is 0 Å². The van der Waals surface area contributed by atoms with Gasteiger partial charge in [-0.2, -0.15) is 5.10 Å². The zero-order valence-electron chi connectivity index (χ0n) is 21.1. The molecule has 4 rings (SSSR count). The topological polar surface area (TPSA) is 104 Å². The van der Waals surface area contributed by atoms with Gasteiger partial charge in [-0.05, 0) is 62.7 Å². The van der Waals surface area contributed by atoms with E-state index in [-0.39, 0.29) is 11.5 Å². The van der Waals surface area contributed by atoms with Gasteiger partial charge in [0.25, 0.3) is 5.91 Å². The number of fused-ring (bicyclic) bond motifs is 1. The minimum absolute atomic E-state index is 0.227. The molecular formula is C27H28N4O5. The normalized spacial score (nSPS) is 11.4. The smallest absolute Gasteiger partial charge is 0.338 e. The molecule has 0 saturated heterocycles. The lowest BCUT2D eigenvalue weighted by atomic mass is 10.0. The predicted molar refractivity (Wildman–Crippen MR) is 137 cm³/mol. The number of hydrogen-bond acceptors (Lipinski definition) is 6. The molecule has 36 heavy (non-hydrogen) atoms. The van der Waals surface area contributed by atoms with Gasteiger partial charge in [0.1, 0.15) is 11.4 Å². The molecular weight excluding hydrogens is 460 g/mol. The molecule has 1 amide bonds. The van der Waals surface area contributed by atoms with E-state index in [0.29, 0.717) is 33.5 Å². The van der Waals surface area contributed by atoms with E-state index in [4.69, 9.17) is 9.47 Å². The van der Waals surface area contributed by atoms with Gasteiger partial charge in [-0.25, -0.2) is 4.79 Å². The fourth-order valence-corrected chi connectivity index (χ4v) is 3.87. The van der Waals surface area contributed by atoms with Crippen molar-refractivity contribution in [3.8, 4) is 16.9 Å². The molecule has 4 aromatic rings. The number of methoxy groups -OCH3 is 1. The summed E-state index contributed by atoms with van der Waals surface area (Å²) in [5.41, 5.74) is 2.35. The first-order valence-corrected chi connectivity index (χ1v) is 11.3. The van der Waals surface area contributed by atoms with Crippen molar-refractivity contribution in [2.75, 3.05) is 12.4 Å². The number of anilines is 1. The maximum Gasteiger partial charge on any atom is 0.338 e. The highest BCUT2D eigenvalue weighted by Crippen LogP contribution is 2.29. The molecule has 0 aliphatic heterocycles. The van der Waals surface area contributed by atoms with E-state index in [9.17, 15) is 14.4 Å². The van der Waals surface area contributed by atoms with Crippen molar-refractivity contribution in [3.63, 3.8) is 0 Å². The zero-order valence-corrected chi connectivity index (χ0v) is 21.1. The summed E-state index contributed by atoms with van der Waals surface area (Å²) < 4.78 is 13.9. The molecule has 2 heterocycles. The average molecular weight is 489 g/mol. The summed E-state index contributed by atoms with van der Waals surface area (Å²) in [6, 6.07) is 10.2. The molecule has 0 radical (unpaired) electrons. The molecule has 0 fully saturated rings. The van der Waals surface area contributed by atoms with Gasteiger partial charge in [0.2, 0.25) is 5.91 Å². The van der Waals surface area contributed by atoms with Gasteiger partial charge in [-0.1, -0.05) is 0 Å². The number of hydrogen-bond donors (Lipinski definition) is 1. The molecule has 0 aliphatic carbocycles. The number of rotatable bonds is 5. The second kappa shape index (κ2) is 9.33. The maximum absolute atomic E-state index is 13.4. The van der Waals surface area contributed by atoms with Crippen molar-refractivity contribution >= 4 is 34.4 Å². The Labute approximate surface area is 208 Å². The van der Waals surface area contributed by atoms with E-state index in [1.165, 1.54) is 24.8 Å². The van der Waals surface area contributed by atoms with Crippen LogP contribution in [0.3, 0.4) is 0 Å². The standard InChI is InChI=1S/C27H28N4O5/c1-16(32)31-15-23(22-12-21(35-6)7-8-24(22)31)25(33)29-20-10-17(19-13-28-30(5)14-19)9-18(11-20)26(34)36-27(2,3)4/h7-15H,1-6H3,(H,29,33). The van der Waals surface area contributed by atoms with Crippen molar-refractivity contribution in [2.24, 2.45) is 7.05 Å². The summed E-state index contributed by atoms with van der Waals surface area (Å²) in [4.78, 5) is 38.5. The molecule has 1 N–H and O–H groups in total. The summed E-state index contributed by atoms with van der Waals surface area (Å²) in [5.74, 6) is -0.618.